The largest absolute Gasteiger partial charge is 0.497 e. The molecule has 0 saturated heterocycles. The number of rotatable bonds is 6. The Balaban J connectivity index is 0.000000547. The predicted octanol–water partition coefficient (Wildman–Crippen LogP) is 2.03. The van der Waals surface area contributed by atoms with Gasteiger partial charge in [-0.1, -0.05) is 11.8 Å². The number of hydrogen-bond donors (Lipinski definition) is 3. The van der Waals surface area contributed by atoms with Crippen LogP contribution in [0.4, 0.5) is 17.1 Å². The van der Waals surface area contributed by atoms with Crippen molar-refractivity contribution in [1.29, 1.82) is 10.7 Å². The summed E-state index contributed by atoms with van der Waals surface area (Å²) in [5.74, 6) is -0.427. The van der Waals surface area contributed by atoms with Crippen LogP contribution in [-0.2, 0) is 0 Å². The van der Waals surface area contributed by atoms with E-state index in [-0.39, 0.29) is 5.17 Å². The van der Waals surface area contributed by atoms with E-state index in [1.807, 2.05) is 6.07 Å². The number of nitro benzene ring substituents is 3. The van der Waals surface area contributed by atoms with Crippen LogP contribution in [-0.4, -0.2) is 30.8 Å². The summed E-state index contributed by atoms with van der Waals surface area (Å²) in [7, 11) is 0. The number of unbranched alkanes of at least 4 members (excludes halogenated alkanes) is 1. The Morgan fingerprint density at radius 3 is 2.00 bits per heavy atom. The minimum Gasteiger partial charge on any atom is -0.497 e. The molecule has 0 saturated carbocycles. The highest BCUT2D eigenvalue weighted by molar-refractivity contribution is 8.13. The summed E-state index contributed by atoms with van der Waals surface area (Å²) >= 11 is 1.28. The van der Waals surface area contributed by atoms with Crippen molar-refractivity contribution in [3.8, 4) is 11.8 Å². The van der Waals surface area contributed by atoms with Gasteiger partial charge in [-0.05, 0) is 6.42 Å². The lowest BCUT2D eigenvalue weighted by molar-refractivity contribution is -0.404. The van der Waals surface area contributed by atoms with Crippen molar-refractivity contribution in [3.63, 3.8) is 0 Å². The summed E-state index contributed by atoms with van der Waals surface area (Å²) in [5.41, 5.74) is 2.04. The molecule has 0 spiro atoms. The fourth-order valence-corrected chi connectivity index (χ4v) is 1.82. The molecule has 0 fully saturated rings. The number of benzene rings is 1. The topological polar surface area (TPSA) is 223 Å². The number of aromatic hydroxyl groups is 1. The van der Waals surface area contributed by atoms with Gasteiger partial charge in [-0.2, -0.15) is 5.26 Å². The Morgan fingerprint density at radius 1 is 1.20 bits per heavy atom. The Morgan fingerprint density at radius 2 is 1.68 bits per heavy atom. The van der Waals surface area contributed by atoms with E-state index >= 15 is 0 Å². The molecule has 1 aromatic rings. The normalized spacial score (nSPS) is 9.24. The molecule has 134 valence electrons. The molecular formula is C11H12N6O7S. The van der Waals surface area contributed by atoms with Gasteiger partial charge in [0.25, 0.3) is 11.4 Å². The van der Waals surface area contributed by atoms with E-state index in [1.54, 1.807) is 0 Å². The SMILES string of the molecule is N#CCCCSC(=N)N.O=[N+]([O-])c1cc([N+](=O)[O-])c(O)c([N+](=O)[O-])c1. The van der Waals surface area contributed by atoms with Crippen molar-refractivity contribution < 1.29 is 19.9 Å². The molecule has 0 aliphatic heterocycles. The first kappa shape index (κ1) is 21.5. The van der Waals surface area contributed by atoms with Crippen LogP contribution >= 0.6 is 11.8 Å². The molecule has 13 nitrogen and oxygen atoms in total. The molecule has 0 amide bonds. The van der Waals surface area contributed by atoms with E-state index in [0.29, 0.717) is 18.6 Å². The molecule has 0 radical (unpaired) electrons. The highest BCUT2D eigenvalue weighted by Crippen LogP contribution is 2.38. The minimum atomic E-state index is -1.21. The van der Waals surface area contributed by atoms with Crippen molar-refractivity contribution in [2.24, 2.45) is 5.73 Å². The number of phenolic OH excluding ortho intramolecular Hbond substituents is 1. The smallest absolute Gasteiger partial charge is 0.324 e. The number of nitrogens with one attached hydrogen (secondary N) is 1. The molecule has 0 aliphatic carbocycles. The lowest BCUT2D eigenvalue weighted by Crippen LogP contribution is -2.04. The molecule has 1 aromatic carbocycles. The van der Waals surface area contributed by atoms with E-state index in [9.17, 15) is 30.3 Å². The second kappa shape index (κ2) is 10.3. The van der Waals surface area contributed by atoms with Gasteiger partial charge in [-0.3, -0.25) is 35.8 Å². The zero-order chi connectivity index (χ0) is 19.6. The van der Waals surface area contributed by atoms with Gasteiger partial charge in [-0.25, -0.2) is 0 Å². The van der Waals surface area contributed by atoms with Crippen LogP contribution in [0.1, 0.15) is 12.8 Å². The Labute approximate surface area is 144 Å². The molecule has 0 atom stereocenters. The van der Waals surface area contributed by atoms with E-state index in [1.165, 1.54) is 11.8 Å². The van der Waals surface area contributed by atoms with Gasteiger partial charge in [0.2, 0.25) is 0 Å². The molecule has 1 rings (SSSR count). The summed E-state index contributed by atoms with van der Waals surface area (Å²) in [4.78, 5) is 27.8. The van der Waals surface area contributed by atoms with Crippen molar-refractivity contribution >= 4 is 34.0 Å². The Kier molecular flexibility index (Phi) is 8.90. The number of thioether (sulfide) groups is 1. The fraction of sp³-hybridized carbons (Fsp3) is 0.273. The van der Waals surface area contributed by atoms with Gasteiger partial charge in [0.15, 0.2) is 5.17 Å². The van der Waals surface area contributed by atoms with E-state index in [2.05, 4.69) is 0 Å². The van der Waals surface area contributed by atoms with Crippen LogP contribution in [0.5, 0.6) is 5.75 Å². The van der Waals surface area contributed by atoms with Gasteiger partial charge in [-0.15, -0.1) is 0 Å². The zero-order valence-electron chi connectivity index (χ0n) is 12.4. The van der Waals surface area contributed by atoms with Crippen molar-refractivity contribution in [2.75, 3.05) is 5.75 Å². The van der Waals surface area contributed by atoms with Gasteiger partial charge >= 0.3 is 11.4 Å². The summed E-state index contributed by atoms with van der Waals surface area (Å²) < 4.78 is 0. The summed E-state index contributed by atoms with van der Waals surface area (Å²) in [6.45, 7) is 0. The van der Waals surface area contributed by atoms with Crippen LogP contribution in [0, 0.1) is 47.1 Å². The Hall–Kier alpha value is -3.47. The van der Waals surface area contributed by atoms with Gasteiger partial charge in [0.05, 0.1) is 33.0 Å². The second-order valence-corrected chi connectivity index (χ2v) is 5.22. The maximum atomic E-state index is 10.4. The molecule has 25 heavy (non-hydrogen) atoms. The summed E-state index contributed by atoms with van der Waals surface area (Å²) in [6, 6.07) is 2.91. The average molecular weight is 372 g/mol. The van der Waals surface area contributed by atoms with Crippen molar-refractivity contribution in [1.82, 2.24) is 0 Å². The number of nitrogens with zero attached hydrogens (tertiary/aromatic N) is 4. The molecular weight excluding hydrogens is 360 g/mol. The van der Waals surface area contributed by atoms with Crippen LogP contribution in [0.2, 0.25) is 0 Å². The highest BCUT2D eigenvalue weighted by Gasteiger charge is 2.30. The van der Waals surface area contributed by atoms with Gasteiger partial charge in [0, 0.05) is 12.2 Å². The van der Waals surface area contributed by atoms with Gasteiger partial charge in [0.1, 0.15) is 0 Å². The molecule has 4 N–H and O–H groups in total. The molecule has 0 heterocycles. The maximum Gasteiger partial charge on any atom is 0.324 e. The molecule has 14 heteroatoms. The van der Waals surface area contributed by atoms with Crippen LogP contribution in [0.3, 0.4) is 0 Å². The predicted molar refractivity (Wildman–Crippen MR) is 87.3 cm³/mol. The third-order valence-corrected chi connectivity index (χ3v) is 3.15. The number of non-ortho nitro benzene ring substituents is 1. The summed E-state index contributed by atoms with van der Waals surface area (Å²) in [6.07, 6.45) is 1.38. The zero-order valence-corrected chi connectivity index (χ0v) is 13.3. The number of nitro groups is 3. The van der Waals surface area contributed by atoms with Crippen LogP contribution < -0.4 is 5.73 Å². The number of nitrogens with two attached hydrogens (primary N) is 1. The minimum absolute atomic E-state index is 0.132. The highest BCUT2D eigenvalue weighted by atomic mass is 32.2. The molecule has 0 bridgehead atoms. The number of hydrogen-bond acceptors (Lipinski definition) is 10. The summed E-state index contributed by atoms with van der Waals surface area (Å²) in [5, 5.41) is 55.2. The van der Waals surface area contributed by atoms with Crippen LogP contribution in [0.25, 0.3) is 0 Å². The first-order valence-corrected chi connectivity index (χ1v) is 7.24. The molecule has 0 aromatic heterocycles. The lowest BCUT2D eigenvalue weighted by atomic mass is 10.2. The quantitative estimate of drug-likeness (QED) is 0.216. The average Bonchev–Trinajstić information content (AvgIpc) is 2.51. The second-order valence-electron chi connectivity index (χ2n) is 4.08. The molecule has 0 aliphatic rings. The standard InChI is InChI=1S/C6H3N3O7.C5H9N3S/c10-6-4(8(13)14)1-3(7(11)12)2-5(6)9(15)16;6-3-1-2-4-9-5(7)8/h1-2,10H;1-2,4H2,(H3,7,8). The number of phenols is 1. The van der Waals surface area contributed by atoms with E-state index in [0.717, 1.165) is 12.2 Å². The third kappa shape index (κ3) is 7.56. The Bertz CT molecular complexity index is 697. The van der Waals surface area contributed by atoms with Crippen molar-refractivity contribution in [2.45, 2.75) is 12.8 Å². The maximum absolute atomic E-state index is 10.4. The van der Waals surface area contributed by atoms with Crippen LogP contribution in [0.15, 0.2) is 12.1 Å². The molecule has 0 unspecified atom stereocenters. The fourth-order valence-electron chi connectivity index (χ4n) is 1.31. The number of amidine groups is 1. The van der Waals surface area contributed by atoms with Crippen molar-refractivity contribution in [3.05, 3.63) is 42.5 Å². The number of nitriles is 1. The lowest BCUT2D eigenvalue weighted by Gasteiger charge is -1.97. The third-order valence-electron chi connectivity index (χ3n) is 2.35. The van der Waals surface area contributed by atoms with Gasteiger partial charge < -0.3 is 10.8 Å². The first-order valence-electron chi connectivity index (χ1n) is 6.25. The monoisotopic (exact) mass is 372 g/mol. The first-order chi connectivity index (χ1) is 11.6. The van der Waals surface area contributed by atoms with E-state index in [4.69, 9.17) is 21.5 Å². The van der Waals surface area contributed by atoms with E-state index < -0.39 is 37.6 Å².